The molecule has 0 saturated heterocycles. The molecule has 1 heterocycles. The third-order valence-corrected chi connectivity index (χ3v) is 5.70. The highest BCUT2D eigenvalue weighted by Crippen LogP contribution is 2.37. The van der Waals surface area contributed by atoms with E-state index in [9.17, 15) is 17.9 Å². The van der Waals surface area contributed by atoms with Gasteiger partial charge in [-0.2, -0.15) is 0 Å². The molecule has 1 unspecified atom stereocenters. The van der Waals surface area contributed by atoms with E-state index in [2.05, 4.69) is 0 Å². The van der Waals surface area contributed by atoms with Gasteiger partial charge in [0.2, 0.25) is 0 Å². The maximum absolute atomic E-state index is 13.4. The van der Waals surface area contributed by atoms with Gasteiger partial charge in [-0.3, -0.25) is 4.31 Å². The van der Waals surface area contributed by atoms with Crippen molar-refractivity contribution in [3.05, 3.63) is 58.9 Å². The van der Waals surface area contributed by atoms with Crippen LogP contribution < -0.4 is 4.31 Å². The topological polar surface area (TPSA) is 57.6 Å². The molecule has 0 aliphatic carbocycles. The average molecular weight is 342 g/mol. The van der Waals surface area contributed by atoms with Crippen molar-refractivity contribution < 1.29 is 17.9 Å². The first kappa shape index (κ1) is 15.3. The van der Waals surface area contributed by atoms with Gasteiger partial charge in [-0.1, -0.05) is 11.6 Å². The molecule has 0 saturated carbocycles. The molecule has 1 aliphatic heterocycles. The van der Waals surface area contributed by atoms with Crippen molar-refractivity contribution in [3.8, 4) is 0 Å². The van der Waals surface area contributed by atoms with Crippen LogP contribution in [0.4, 0.5) is 10.1 Å². The van der Waals surface area contributed by atoms with E-state index in [-0.39, 0.29) is 23.4 Å². The third-order valence-electron chi connectivity index (χ3n) is 3.62. The van der Waals surface area contributed by atoms with Gasteiger partial charge in [0.05, 0.1) is 16.7 Å². The summed E-state index contributed by atoms with van der Waals surface area (Å²) in [4.78, 5) is 0.101. The summed E-state index contributed by atoms with van der Waals surface area (Å²) >= 11 is 5.78. The number of rotatable bonds is 2. The van der Waals surface area contributed by atoms with E-state index in [1.807, 2.05) is 0 Å². The van der Waals surface area contributed by atoms with Crippen LogP contribution in [0.5, 0.6) is 0 Å². The zero-order valence-corrected chi connectivity index (χ0v) is 13.0. The molecule has 22 heavy (non-hydrogen) atoms. The molecule has 4 nitrogen and oxygen atoms in total. The molecule has 2 aromatic carbocycles. The standard InChI is InChI=1S/C15H13ClFNO3S/c16-10-1-4-12(5-2-10)22(20,21)18-8-7-15(19)13-9-11(17)3-6-14(13)18/h1-6,9,15,19H,7-8H2. The first-order valence-electron chi connectivity index (χ1n) is 6.65. The summed E-state index contributed by atoms with van der Waals surface area (Å²) in [5.74, 6) is -0.511. The first-order valence-corrected chi connectivity index (χ1v) is 8.47. The van der Waals surface area contributed by atoms with Crippen molar-refractivity contribution in [1.29, 1.82) is 0 Å². The van der Waals surface area contributed by atoms with Crippen LogP contribution in [-0.2, 0) is 10.0 Å². The molecule has 1 aliphatic rings. The van der Waals surface area contributed by atoms with Crippen molar-refractivity contribution in [3.63, 3.8) is 0 Å². The Morgan fingerprint density at radius 3 is 2.55 bits per heavy atom. The van der Waals surface area contributed by atoms with Gasteiger partial charge in [-0.05, 0) is 48.9 Å². The third kappa shape index (κ3) is 2.58. The normalized spacial score (nSPS) is 18.1. The lowest BCUT2D eigenvalue weighted by molar-refractivity contribution is 0.166. The van der Waals surface area contributed by atoms with E-state index in [4.69, 9.17) is 11.6 Å². The van der Waals surface area contributed by atoms with Gasteiger partial charge in [0.1, 0.15) is 5.82 Å². The first-order chi connectivity index (χ1) is 10.4. The Kier molecular flexibility index (Phi) is 3.84. The van der Waals surface area contributed by atoms with Crippen molar-refractivity contribution in [2.45, 2.75) is 17.4 Å². The fraction of sp³-hybridized carbons (Fsp3) is 0.200. The van der Waals surface area contributed by atoms with Gasteiger partial charge < -0.3 is 5.11 Å². The molecule has 0 bridgehead atoms. The number of hydrogen-bond acceptors (Lipinski definition) is 3. The summed E-state index contributed by atoms with van der Waals surface area (Å²) in [6.07, 6.45) is -0.661. The maximum atomic E-state index is 13.4. The molecule has 0 aromatic heterocycles. The lowest BCUT2D eigenvalue weighted by atomic mass is 10.0. The molecule has 2 aromatic rings. The lowest BCUT2D eigenvalue weighted by Crippen LogP contribution is -2.36. The van der Waals surface area contributed by atoms with Crippen molar-refractivity contribution in [2.24, 2.45) is 0 Å². The van der Waals surface area contributed by atoms with Gasteiger partial charge >= 0.3 is 0 Å². The summed E-state index contributed by atoms with van der Waals surface area (Å²) in [7, 11) is -3.79. The predicted molar refractivity (Wildman–Crippen MR) is 82.0 cm³/mol. The number of aliphatic hydroxyl groups excluding tert-OH is 1. The number of halogens is 2. The number of nitrogens with zero attached hydrogens (tertiary/aromatic N) is 1. The molecule has 1 N–H and O–H groups in total. The van der Waals surface area contributed by atoms with Crippen LogP contribution in [0.1, 0.15) is 18.1 Å². The van der Waals surface area contributed by atoms with E-state index in [1.165, 1.54) is 46.8 Å². The molecule has 3 rings (SSSR count). The van der Waals surface area contributed by atoms with Crippen LogP contribution in [0.2, 0.25) is 5.02 Å². The van der Waals surface area contributed by atoms with Crippen LogP contribution in [0.25, 0.3) is 0 Å². The Balaban J connectivity index is 2.09. The van der Waals surface area contributed by atoms with Gasteiger partial charge in [-0.25, -0.2) is 12.8 Å². The molecule has 0 spiro atoms. The summed E-state index contributed by atoms with van der Waals surface area (Å²) in [6.45, 7) is 0.130. The van der Waals surface area contributed by atoms with Gasteiger partial charge in [-0.15, -0.1) is 0 Å². The zero-order chi connectivity index (χ0) is 15.9. The van der Waals surface area contributed by atoms with E-state index < -0.39 is 21.9 Å². The van der Waals surface area contributed by atoms with Gasteiger partial charge in [0.15, 0.2) is 0 Å². The number of sulfonamides is 1. The van der Waals surface area contributed by atoms with Gasteiger partial charge in [0, 0.05) is 17.1 Å². The summed E-state index contributed by atoms with van der Waals surface area (Å²) < 4.78 is 40.1. The summed E-state index contributed by atoms with van der Waals surface area (Å²) in [5, 5.41) is 10.4. The van der Waals surface area contributed by atoms with Crippen molar-refractivity contribution in [2.75, 3.05) is 10.8 Å². The average Bonchev–Trinajstić information content (AvgIpc) is 2.48. The minimum atomic E-state index is -3.79. The smallest absolute Gasteiger partial charge is 0.264 e. The monoisotopic (exact) mass is 341 g/mol. The van der Waals surface area contributed by atoms with E-state index in [1.54, 1.807) is 0 Å². The predicted octanol–water partition coefficient (Wildman–Crippen LogP) is 3.11. The molecule has 0 radical (unpaired) electrons. The Labute approximate surface area is 132 Å². The fourth-order valence-electron chi connectivity index (χ4n) is 2.52. The Hall–Kier alpha value is -1.63. The van der Waals surface area contributed by atoms with Gasteiger partial charge in [0.25, 0.3) is 10.0 Å². The molecule has 1 atom stereocenters. The largest absolute Gasteiger partial charge is 0.388 e. The highest BCUT2D eigenvalue weighted by molar-refractivity contribution is 7.92. The number of benzene rings is 2. The number of hydrogen-bond donors (Lipinski definition) is 1. The number of anilines is 1. The second-order valence-corrected chi connectivity index (χ2v) is 7.34. The summed E-state index contributed by atoms with van der Waals surface area (Å²) in [6, 6.07) is 9.57. The van der Waals surface area contributed by atoms with Crippen molar-refractivity contribution >= 4 is 27.3 Å². The van der Waals surface area contributed by atoms with Crippen LogP contribution in [0.15, 0.2) is 47.4 Å². The van der Waals surface area contributed by atoms with Crippen LogP contribution in [-0.4, -0.2) is 20.1 Å². The molecule has 116 valence electrons. The second-order valence-electron chi connectivity index (χ2n) is 5.04. The SMILES string of the molecule is O=S(=O)(c1ccc(Cl)cc1)N1CCC(O)c2cc(F)ccc21. The quantitative estimate of drug-likeness (QED) is 0.913. The minimum Gasteiger partial charge on any atom is -0.388 e. The van der Waals surface area contributed by atoms with Crippen LogP contribution in [0, 0.1) is 5.82 Å². The molecular weight excluding hydrogens is 329 g/mol. The number of aliphatic hydroxyl groups is 1. The summed E-state index contributed by atoms with van der Waals surface area (Å²) in [5.41, 5.74) is 0.582. The van der Waals surface area contributed by atoms with Crippen LogP contribution >= 0.6 is 11.6 Å². The van der Waals surface area contributed by atoms with E-state index in [0.717, 1.165) is 0 Å². The minimum absolute atomic E-state index is 0.101. The zero-order valence-electron chi connectivity index (χ0n) is 11.4. The maximum Gasteiger partial charge on any atom is 0.264 e. The fourth-order valence-corrected chi connectivity index (χ4v) is 4.15. The highest BCUT2D eigenvalue weighted by Gasteiger charge is 2.32. The van der Waals surface area contributed by atoms with Crippen LogP contribution in [0.3, 0.4) is 0 Å². The van der Waals surface area contributed by atoms with E-state index >= 15 is 0 Å². The van der Waals surface area contributed by atoms with Crippen molar-refractivity contribution in [1.82, 2.24) is 0 Å². The molecule has 0 fully saturated rings. The highest BCUT2D eigenvalue weighted by atomic mass is 35.5. The molecule has 0 amide bonds. The Bertz CT molecular complexity index is 808. The Morgan fingerprint density at radius 2 is 1.86 bits per heavy atom. The molecular formula is C15H13ClFNO3S. The Morgan fingerprint density at radius 1 is 1.18 bits per heavy atom. The number of fused-ring (bicyclic) bond motifs is 1. The van der Waals surface area contributed by atoms with E-state index in [0.29, 0.717) is 10.7 Å². The molecule has 7 heteroatoms. The second kappa shape index (κ2) is 5.53. The lowest BCUT2D eigenvalue weighted by Gasteiger charge is -2.33.